The van der Waals surface area contributed by atoms with Crippen molar-refractivity contribution in [2.75, 3.05) is 0 Å². The third-order valence-corrected chi connectivity index (χ3v) is 3.15. The first-order chi connectivity index (χ1) is 9.66. The normalized spacial score (nSPS) is 10.7. The van der Waals surface area contributed by atoms with Crippen LogP contribution in [0.15, 0.2) is 54.6 Å². The lowest BCUT2D eigenvalue weighted by Gasteiger charge is -2.08. The maximum Gasteiger partial charge on any atom is 0.336 e. The molecule has 4 heteroatoms. The zero-order valence-corrected chi connectivity index (χ0v) is 10.4. The summed E-state index contributed by atoms with van der Waals surface area (Å²) in [5.74, 6) is -1.55. The molecule has 0 unspecified atom stereocenters. The van der Waals surface area contributed by atoms with Crippen LogP contribution in [0.2, 0.25) is 0 Å². The number of aromatic nitrogens is 1. The molecule has 1 N–H and O–H groups in total. The fourth-order valence-corrected chi connectivity index (χ4v) is 2.27. The van der Waals surface area contributed by atoms with Crippen LogP contribution >= 0.6 is 0 Å². The minimum absolute atomic E-state index is 0.223. The van der Waals surface area contributed by atoms with Crippen molar-refractivity contribution in [3.05, 3.63) is 66.1 Å². The van der Waals surface area contributed by atoms with Gasteiger partial charge in [0.1, 0.15) is 0 Å². The van der Waals surface area contributed by atoms with Crippen molar-refractivity contribution in [3.63, 3.8) is 0 Å². The van der Waals surface area contributed by atoms with Crippen LogP contribution in [0.25, 0.3) is 22.0 Å². The van der Waals surface area contributed by atoms with Gasteiger partial charge in [0, 0.05) is 5.56 Å². The van der Waals surface area contributed by atoms with Gasteiger partial charge in [-0.15, -0.1) is 0 Å². The van der Waals surface area contributed by atoms with Gasteiger partial charge in [-0.3, -0.25) is 0 Å². The van der Waals surface area contributed by atoms with E-state index in [4.69, 9.17) is 0 Å². The molecule has 98 valence electrons. The van der Waals surface area contributed by atoms with Gasteiger partial charge in [0.25, 0.3) is 0 Å². The molecule has 0 saturated carbocycles. The van der Waals surface area contributed by atoms with Gasteiger partial charge in [0.05, 0.1) is 11.3 Å². The number of pyridine rings is 1. The Hall–Kier alpha value is -2.75. The number of aromatic carboxylic acids is 1. The van der Waals surface area contributed by atoms with Crippen molar-refractivity contribution in [1.29, 1.82) is 0 Å². The van der Waals surface area contributed by atoms with E-state index < -0.39 is 11.9 Å². The van der Waals surface area contributed by atoms with Gasteiger partial charge in [-0.25, -0.2) is 9.78 Å². The molecule has 0 spiro atoms. The van der Waals surface area contributed by atoms with E-state index in [1.54, 1.807) is 30.3 Å². The molecule has 0 fully saturated rings. The monoisotopic (exact) mass is 267 g/mol. The van der Waals surface area contributed by atoms with E-state index in [1.165, 1.54) is 12.1 Å². The predicted octanol–water partition coefficient (Wildman–Crippen LogP) is 3.74. The van der Waals surface area contributed by atoms with Crippen molar-refractivity contribution >= 4 is 16.7 Å². The second-order valence-corrected chi connectivity index (χ2v) is 4.36. The van der Waals surface area contributed by atoms with Gasteiger partial charge in [-0.05, 0) is 29.0 Å². The van der Waals surface area contributed by atoms with E-state index in [2.05, 4.69) is 4.98 Å². The Balaban J connectivity index is 2.33. The first-order valence-electron chi connectivity index (χ1n) is 6.05. The second-order valence-electron chi connectivity index (χ2n) is 4.36. The molecule has 0 amide bonds. The molecule has 0 aliphatic rings. The quantitative estimate of drug-likeness (QED) is 0.719. The number of rotatable bonds is 2. The van der Waals surface area contributed by atoms with Gasteiger partial charge in [-0.2, -0.15) is 4.39 Å². The van der Waals surface area contributed by atoms with Crippen LogP contribution in [0, 0.1) is 5.95 Å². The minimum atomic E-state index is -0.986. The Morgan fingerprint density at radius 2 is 1.70 bits per heavy atom. The number of nitrogens with zero attached hydrogens (tertiary/aromatic N) is 1. The Bertz CT molecular complexity index is 814. The molecular formula is C16H10FNO2. The molecule has 2 aromatic carbocycles. The Morgan fingerprint density at radius 1 is 0.950 bits per heavy atom. The number of benzene rings is 2. The topological polar surface area (TPSA) is 50.2 Å². The van der Waals surface area contributed by atoms with Crippen LogP contribution in [-0.2, 0) is 0 Å². The minimum Gasteiger partial charge on any atom is -0.478 e. The van der Waals surface area contributed by atoms with Gasteiger partial charge >= 0.3 is 5.97 Å². The van der Waals surface area contributed by atoms with E-state index in [-0.39, 0.29) is 5.56 Å². The Morgan fingerprint density at radius 3 is 2.40 bits per heavy atom. The molecule has 0 saturated heterocycles. The largest absolute Gasteiger partial charge is 0.478 e. The highest BCUT2D eigenvalue weighted by molar-refractivity contribution is 6.08. The number of hydrogen-bond acceptors (Lipinski definition) is 2. The molecular weight excluding hydrogens is 257 g/mol. The number of fused-ring (bicyclic) bond motifs is 1. The van der Waals surface area contributed by atoms with Crippen molar-refractivity contribution < 1.29 is 14.3 Å². The predicted molar refractivity (Wildman–Crippen MR) is 74.1 cm³/mol. The van der Waals surface area contributed by atoms with Crippen molar-refractivity contribution in [3.8, 4) is 11.3 Å². The van der Waals surface area contributed by atoms with Crippen LogP contribution in [0.1, 0.15) is 10.4 Å². The molecule has 1 aromatic heterocycles. The third kappa shape index (κ3) is 2.01. The van der Waals surface area contributed by atoms with Crippen LogP contribution in [0.5, 0.6) is 0 Å². The summed E-state index contributed by atoms with van der Waals surface area (Å²) in [6.45, 7) is 0. The number of hydrogen-bond donors (Lipinski definition) is 1. The van der Waals surface area contributed by atoms with E-state index in [1.807, 2.05) is 12.1 Å². The summed E-state index contributed by atoms with van der Waals surface area (Å²) >= 11 is 0. The molecule has 3 aromatic rings. The number of carboxylic acid groups (broad SMARTS) is 1. The number of carbonyl (C=O) groups is 1. The van der Waals surface area contributed by atoms with Crippen LogP contribution < -0.4 is 0 Å². The lowest BCUT2D eigenvalue weighted by Crippen LogP contribution is -1.98. The van der Waals surface area contributed by atoms with E-state index >= 15 is 0 Å². The summed E-state index contributed by atoms with van der Waals surface area (Å²) in [5, 5.41) is 10.6. The third-order valence-electron chi connectivity index (χ3n) is 3.15. The highest BCUT2D eigenvalue weighted by Gasteiger charge is 2.12. The molecule has 0 bridgehead atoms. The molecule has 3 nitrogen and oxygen atoms in total. The first kappa shape index (κ1) is 12.3. The molecule has 1 heterocycles. The molecule has 20 heavy (non-hydrogen) atoms. The summed E-state index contributed by atoms with van der Waals surface area (Å²) < 4.78 is 13.3. The van der Waals surface area contributed by atoms with Gasteiger partial charge in [0.15, 0.2) is 0 Å². The molecule has 0 radical (unpaired) electrons. The SMILES string of the molecule is O=C(O)c1ccc(-c2cccc(F)n2)c2ccccc12. The van der Waals surface area contributed by atoms with E-state index in [0.717, 1.165) is 5.39 Å². The van der Waals surface area contributed by atoms with Crippen LogP contribution in [0.4, 0.5) is 4.39 Å². The van der Waals surface area contributed by atoms with Crippen molar-refractivity contribution in [2.45, 2.75) is 0 Å². The lowest BCUT2D eigenvalue weighted by molar-refractivity contribution is 0.0699. The lowest BCUT2D eigenvalue weighted by atomic mass is 9.97. The number of halogens is 1. The second kappa shape index (κ2) is 4.74. The van der Waals surface area contributed by atoms with E-state index in [0.29, 0.717) is 16.6 Å². The molecule has 0 aliphatic carbocycles. The zero-order valence-electron chi connectivity index (χ0n) is 10.4. The van der Waals surface area contributed by atoms with Crippen LogP contribution in [0.3, 0.4) is 0 Å². The van der Waals surface area contributed by atoms with Gasteiger partial charge in [-0.1, -0.05) is 36.4 Å². The summed E-state index contributed by atoms with van der Waals surface area (Å²) in [6.07, 6.45) is 0. The summed E-state index contributed by atoms with van der Waals surface area (Å²) in [6, 6.07) is 14.9. The smallest absolute Gasteiger partial charge is 0.336 e. The number of carboxylic acids is 1. The standard InChI is InChI=1S/C16H10FNO2/c17-15-7-3-6-14(18-15)12-8-9-13(16(19)20)11-5-2-1-4-10(11)12/h1-9H,(H,19,20). The summed E-state index contributed by atoms with van der Waals surface area (Å²) in [5.41, 5.74) is 1.42. The van der Waals surface area contributed by atoms with Crippen molar-refractivity contribution in [1.82, 2.24) is 4.98 Å². The Kier molecular flexibility index (Phi) is 2.91. The average molecular weight is 267 g/mol. The molecule has 0 aliphatic heterocycles. The molecule has 3 rings (SSSR count). The average Bonchev–Trinajstić information content (AvgIpc) is 2.46. The maximum absolute atomic E-state index is 13.3. The first-order valence-corrected chi connectivity index (χ1v) is 6.05. The fourth-order valence-electron chi connectivity index (χ4n) is 2.27. The highest BCUT2D eigenvalue weighted by Crippen LogP contribution is 2.29. The fraction of sp³-hybridized carbons (Fsp3) is 0. The zero-order chi connectivity index (χ0) is 14.1. The Labute approximate surface area is 114 Å². The molecule has 0 atom stereocenters. The maximum atomic E-state index is 13.3. The van der Waals surface area contributed by atoms with Gasteiger partial charge in [0.2, 0.25) is 5.95 Å². The van der Waals surface area contributed by atoms with Crippen LogP contribution in [-0.4, -0.2) is 16.1 Å². The summed E-state index contributed by atoms with van der Waals surface area (Å²) in [4.78, 5) is 15.1. The van der Waals surface area contributed by atoms with Gasteiger partial charge < -0.3 is 5.11 Å². The van der Waals surface area contributed by atoms with Crippen molar-refractivity contribution in [2.24, 2.45) is 0 Å². The highest BCUT2D eigenvalue weighted by atomic mass is 19.1. The summed E-state index contributed by atoms with van der Waals surface area (Å²) in [7, 11) is 0. The van der Waals surface area contributed by atoms with E-state index in [9.17, 15) is 14.3 Å².